The average molecular weight is 621 g/mol. The summed E-state index contributed by atoms with van der Waals surface area (Å²) in [7, 11) is 1.67. The van der Waals surface area contributed by atoms with Crippen LogP contribution in [0.4, 0.5) is 5.69 Å². The molecule has 1 saturated carbocycles. The van der Waals surface area contributed by atoms with E-state index < -0.39 is 0 Å². The Kier molecular flexibility index (Phi) is 8.91. The van der Waals surface area contributed by atoms with Gasteiger partial charge in [0, 0.05) is 41.3 Å². The predicted molar refractivity (Wildman–Crippen MR) is 188 cm³/mol. The van der Waals surface area contributed by atoms with Gasteiger partial charge in [0.15, 0.2) is 0 Å². The number of ether oxygens (including phenoxy) is 1. The highest BCUT2D eigenvalue weighted by molar-refractivity contribution is 6.06. The summed E-state index contributed by atoms with van der Waals surface area (Å²) < 4.78 is 5.81. The standard InChI is InChI=1S/C41H40N4O2/c1-7-45(41(46)31-12-8-10-25(2)16-31)33-13-9-11-29(19-33)27(4)37-21-38(37)36-18-26(3)17-35(28(36)5)30-14-15-34(39(20-30)47-6)32-23-43-40(22-42)44-24-32/h8-20,23-24,27,37-38H,7,21H2,1-6H3. The van der Waals surface area contributed by atoms with E-state index >= 15 is 0 Å². The topological polar surface area (TPSA) is 79.1 Å². The van der Waals surface area contributed by atoms with Gasteiger partial charge in [-0.1, -0.05) is 60.5 Å². The summed E-state index contributed by atoms with van der Waals surface area (Å²) >= 11 is 0. The van der Waals surface area contributed by atoms with Crippen molar-refractivity contribution in [2.75, 3.05) is 18.6 Å². The number of hydrogen-bond donors (Lipinski definition) is 0. The number of nitrogens with zero attached hydrogens (tertiary/aromatic N) is 4. The summed E-state index contributed by atoms with van der Waals surface area (Å²) in [5.74, 6) is 2.25. The fraction of sp³-hybridized carbons (Fsp3) is 0.268. The van der Waals surface area contributed by atoms with Gasteiger partial charge >= 0.3 is 0 Å². The van der Waals surface area contributed by atoms with Gasteiger partial charge in [-0.3, -0.25) is 4.79 Å². The monoisotopic (exact) mass is 620 g/mol. The molecule has 3 unspecified atom stereocenters. The third kappa shape index (κ3) is 6.39. The Morgan fingerprint density at radius 3 is 2.40 bits per heavy atom. The largest absolute Gasteiger partial charge is 0.496 e. The third-order valence-electron chi connectivity index (χ3n) is 9.58. The van der Waals surface area contributed by atoms with E-state index in [9.17, 15) is 4.79 Å². The molecule has 6 rings (SSSR count). The van der Waals surface area contributed by atoms with Crippen LogP contribution in [-0.2, 0) is 0 Å². The summed E-state index contributed by atoms with van der Waals surface area (Å²) in [6, 6.07) is 29.2. The fourth-order valence-electron chi connectivity index (χ4n) is 6.92. The van der Waals surface area contributed by atoms with Crippen molar-refractivity contribution < 1.29 is 9.53 Å². The van der Waals surface area contributed by atoms with Crippen LogP contribution in [0.3, 0.4) is 0 Å². The van der Waals surface area contributed by atoms with E-state index in [2.05, 4.69) is 73.2 Å². The maximum atomic E-state index is 13.5. The lowest BCUT2D eigenvalue weighted by Gasteiger charge is -2.23. The summed E-state index contributed by atoms with van der Waals surface area (Å²) in [6.45, 7) is 11.4. The minimum absolute atomic E-state index is 0.0307. The van der Waals surface area contributed by atoms with Crippen molar-refractivity contribution in [2.45, 2.75) is 52.9 Å². The maximum Gasteiger partial charge on any atom is 0.258 e. The first kappa shape index (κ1) is 31.7. The van der Waals surface area contributed by atoms with Crippen LogP contribution < -0.4 is 9.64 Å². The van der Waals surface area contributed by atoms with Gasteiger partial charge in [-0.2, -0.15) is 5.26 Å². The summed E-state index contributed by atoms with van der Waals surface area (Å²) in [4.78, 5) is 23.6. The molecule has 0 radical (unpaired) electrons. The number of nitriles is 1. The van der Waals surface area contributed by atoms with Crippen LogP contribution in [0.15, 0.2) is 91.3 Å². The molecule has 3 atom stereocenters. The molecule has 236 valence electrons. The minimum atomic E-state index is 0.0307. The van der Waals surface area contributed by atoms with Crippen LogP contribution in [0.2, 0.25) is 0 Å². The molecule has 0 N–H and O–H groups in total. The molecule has 1 amide bonds. The van der Waals surface area contributed by atoms with Gasteiger partial charge in [-0.15, -0.1) is 0 Å². The first-order chi connectivity index (χ1) is 22.7. The lowest BCUT2D eigenvalue weighted by atomic mass is 9.88. The molecule has 1 aliphatic carbocycles. The van der Waals surface area contributed by atoms with Gasteiger partial charge in [0.25, 0.3) is 5.91 Å². The molecule has 1 heterocycles. The predicted octanol–water partition coefficient (Wildman–Crippen LogP) is 9.19. The zero-order valence-corrected chi connectivity index (χ0v) is 27.9. The highest BCUT2D eigenvalue weighted by Gasteiger charge is 2.43. The molecule has 0 saturated heterocycles. The fourth-order valence-corrected chi connectivity index (χ4v) is 6.92. The minimum Gasteiger partial charge on any atom is -0.496 e. The van der Waals surface area contributed by atoms with Gasteiger partial charge in [-0.25, -0.2) is 9.97 Å². The number of anilines is 1. The second kappa shape index (κ2) is 13.2. The van der Waals surface area contributed by atoms with E-state index in [1.54, 1.807) is 19.5 Å². The SMILES string of the molecule is CCN(C(=O)c1cccc(C)c1)c1cccc(C(C)C2CC2c2cc(C)cc(-c3ccc(-c4cnc(C#N)nc4)c(OC)c3)c2C)c1. The molecule has 6 nitrogen and oxygen atoms in total. The van der Waals surface area contributed by atoms with E-state index in [4.69, 9.17) is 10.00 Å². The Hall–Kier alpha value is -5.28. The zero-order valence-electron chi connectivity index (χ0n) is 27.9. The zero-order chi connectivity index (χ0) is 33.2. The number of aryl methyl sites for hydroxylation is 2. The number of carbonyl (C=O) groups excluding carboxylic acids is 1. The summed E-state index contributed by atoms with van der Waals surface area (Å²) in [5.41, 5.74) is 11.9. The van der Waals surface area contributed by atoms with Crippen molar-refractivity contribution in [1.82, 2.24) is 9.97 Å². The number of hydrogen-bond acceptors (Lipinski definition) is 5. The van der Waals surface area contributed by atoms with E-state index in [0.717, 1.165) is 40.1 Å². The molecule has 1 aliphatic rings. The average Bonchev–Trinajstić information content (AvgIpc) is 3.90. The lowest BCUT2D eigenvalue weighted by molar-refractivity contribution is 0.0988. The molecule has 0 spiro atoms. The Balaban J connectivity index is 1.25. The van der Waals surface area contributed by atoms with Crippen LogP contribution in [0.5, 0.6) is 5.75 Å². The molecule has 6 heteroatoms. The van der Waals surface area contributed by atoms with E-state index in [1.807, 2.05) is 61.2 Å². The van der Waals surface area contributed by atoms with Gasteiger partial charge in [0.1, 0.15) is 11.8 Å². The second-order valence-corrected chi connectivity index (χ2v) is 12.7. The molecule has 1 fully saturated rings. The first-order valence-electron chi connectivity index (χ1n) is 16.2. The quantitative estimate of drug-likeness (QED) is 0.164. The highest BCUT2D eigenvalue weighted by atomic mass is 16.5. The van der Waals surface area contributed by atoms with Gasteiger partial charge in [0.05, 0.1) is 7.11 Å². The van der Waals surface area contributed by atoms with Crippen LogP contribution in [0.25, 0.3) is 22.3 Å². The number of rotatable bonds is 9. The Morgan fingerprint density at radius 2 is 1.70 bits per heavy atom. The van der Waals surface area contributed by atoms with Gasteiger partial charge < -0.3 is 9.64 Å². The molecular weight excluding hydrogens is 580 g/mol. The van der Waals surface area contributed by atoms with E-state index in [-0.39, 0.29) is 11.7 Å². The van der Waals surface area contributed by atoms with Crippen molar-refractivity contribution in [3.63, 3.8) is 0 Å². The van der Waals surface area contributed by atoms with Crippen LogP contribution in [0, 0.1) is 38.0 Å². The molecule has 1 aromatic heterocycles. The van der Waals surface area contributed by atoms with Crippen molar-refractivity contribution in [3.8, 4) is 34.1 Å². The lowest BCUT2D eigenvalue weighted by Crippen LogP contribution is -2.30. The van der Waals surface area contributed by atoms with Crippen molar-refractivity contribution >= 4 is 11.6 Å². The van der Waals surface area contributed by atoms with E-state index in [1.165, 1.54) is 27.8 Å². The van der Waals surface area contributed by atoms with E-state index in [0.29, 0.717) is 29.9 Å². The number of methoxy groups -OCH3 is 1. The molecule has 0 bridgehead atoms. The summed E-state index contributed by atoms with van der Waals surface area (Å²) in [6.07, 6.45) is 4.45. The number of aromatic nitrogens is 2. The molecular formula is C41H40N4O2. The van der Waals surface area contributed by atoms with Gasteiger partial charge in [0.2, 0.25) is 5.82 Å². The second-order valence-electron chi connectivity index (χ2n) is 12.7. The normalized spacial score (nSPS) is 15.9. The molecule has 0 aliphatic heterocycles. The summed E-state index contributed by atoms with van der Waals surface area (Å²) in [5, 5.41) is 9.07. The Bertz CT molecular complexity index is 1990. The number of benzene rings is 4. The van der Waals surface area contributed by atoms with Crippen molar-refractivity contribution in [3.05, 3.63) is 130 Å². The molecule has 47 heavy (non-hydrogen) atoms. The number of carbonyl (C=O) groups is 1. The first-order valence-corrected chi connectivity index (χ1v) is 16.2. The van der Waals surface area contributed by atoms with Crippen molar-refractivity contribution in [1.29, 1.82) is 5.26 Å². The van der Waals surface area contributed by atoms with Gasteiger partial charge in [-0.05, 0) is 116 Å². The Labute approximate surface area is 277 Å². The van der Waals surface area contributed by atoms with Crippen LogP contribution in [-0.4, -0.2) is 29.5 Å². The third-order valence-corrected chi connectivity index (χ3v) is 9.58. The Morgan fingerprint density at radius 1 is 0.936 bits per heavy atom. The highest BCUT2D eigenvalue weighted by Crippen LogP contribution is 2.56. The molecule has 5 aromatic rings. The van der Waals surface area contributed by atoms with Crippen LogP contribution >= 0.6 is 0 Å². The maximum absolute atomic E-state index is 13.5. The number of amides is 1. The van der Waals surface area contributed by atoms with Crippen molar-refractivity contribution in [2.24, 2.45) is 5.92 Å². The molecule has 4 aromatic carbocycles. The smallest absolute Gasteiger partial charge is 0.258 e. The van der Waals surface area contributed by atoms with Crippen LogP contribution in [0.1, 0.15) is 76.1 Å².